The first-order valence-electron chi connectivity index (χ1n) is 7.44. The van der Waals surface area contributed by atoms with Crippen LogP contribution in [0, 0.1) is 0 Å². The number of rotatable bonds is 5. The van der Waals surface area contributed by atoms with E-state index < -0.39 is 10.0 Å². The molecule has 2 rings (SSSR count). The Labute approximate surface area is 132 Å². The van der Waals surface area contributed by atoms with Crippen molar-refractivity contribution < 1.29 is 13.2 Å². The molecule has 21 heavy (non-hydrogen) atoms. The highest BCUT2D eigenvalue weighted by molar-refractivity contribution is 7.89. The molecule has 0 saturated carbocycles. The summed E-state index contributed by atoms with van der Waals surface area (Å²) < 4.78 is 32.7. The average Bonchev–Trinajstić information content (AvgIpc) is 2.49. The maximum atomic E-state index is 12.9. The monoisotopic (exact) mass is 331 g/mol. The highest BCUT2D eigenvalue weighted by atomic mass is 35.5. The first-order chi connectivity index (χ1) is 10.0. The predicted octanol–water partition coefficient (Wildman–Crippen LogP) is 3.69. The quantitative estimate of drug-likeness (QED) is 0.826. The predicted molar refractivity (Wildman–Crippen MR) is 84.4 cm³/mol. The van der Waals surface area contributed by atoms with E-state index in [1.54, 1.807) is 16.4 Å². The van der Waals surface area contributed by atoms with Gasteiger partial charge in [-0.25, -0.2) is 8.42 Å². The highest BCUT2D eigenvalue weighted by Crippen LogP contribution is 2.32. The molecule has 1 aliphatic heterocycles. The SMILES string of the molecule is CCOc1cc(S(=O)(=O)N2CCCC[C@@H]2CC)ccc1Cl. The van der Waals surface area contributed by atoms with Gasteiger partial charge in [0, 0.05) is 18.7 Å². The molecule has 4 nitrogen and oxygen atoms in total. The average molecular weight is 332 g/mol. The van der Waals surface area contributed by atoms with Crippen molar-refractivity contribution in [2.75, 3.05) is 13.2 Å². The van der Waals surface area contributed by atoms with Gasteiger partial charge < -0.3 is 4.74 Å². The second kappa shape index (κ2) is 6.99. The van der Waals surface area contributed by atoms with Crippen LogP contribution in [0.15, 0.2) is 23.1 Å². The zero-order valence-corrected chi connectivity index (χ0v) is 14.1. The first kappa shape index (κ1) is 16.6. The number of ether oxygens (including phenoxy) is 1. The van der Waals surface area contributed by atoms with Gasteiger partial charge in [0.05, 0.1) is 16.5 Å². The van der Waals surface area contributed by atoms with Crippen molar-refractivity contribution in [3.05, 3.63) is 23.2 Å². The fourth-order valence-electron chi connectivity index (χ4n) is 2.74. The van der Waals surface area contributed by atoms with E-state index in [2.05, 4.69) is 0 Å². The summed E-state index contributed by atoms with van der Waals surface area (Å²) in [6.45, 7) is 4.92. The summed E-state index contributed by atoms with van der Waals surface area (Å²) in [5.74, 6) is 0.422. The van der Waals surface area contributed by atoms with E-state index in [0.717, 1.165) is 25.7 Å². The van der Waals surface area contributed by atoms with Crippen LogP contribution in [-0.4, -0.2) is 31.9 Å². The van der Waals surface area contributed by atoms with Crippen LogP contribution >= 0.6 is 11.6 Å². The van der Waals surface area contributed by atoms with E-state index >= 15 is 0 Å². The maximum absolute atomic E-state index is 12.9. The summed E-state index contributed by atoms with van der Waals surface area (Å²) in [6, 6.07) is 4.77. The maximum Gasteiger partial charge on any atom is 0.243 e. The number of nitrogens with zero attached hydrogens (tertiary/aromatic N) is 1. The summed E-state index contributed by atoms with van der Waals surface area (Å²) in [7, 11) is -3.49. The molecule has 1 aromatic rings. The van der Waals surface area contributed by atoms with Crippen LogP contribution in [0.25, 0.3) is 0 Å². The van der Waals surface area contributed by atoms with Crippen molar-refractivity contribution in [2.45, 2.75) is 50.5 Å². The third-order valence-electron chi connectivity index (χ3n) is 3.85. The number of hydrogen-bond acceptors (Lipinski definition) is 3. The van der Waals surface area contributed by atoms with Crippen molar-refractivity contribution in [1.82, 2.24) is 4.31 Å². The molecular formula is C15H22ClNO3S. The van der Waals surface area contributed by atoms with Gasteiger partial charge in [-0.05, 0) is 38.3 Å². The Morgan fingerprint density at radius 3 is 2.76 bits per heavy atom. The highest BCUT2D eigenvalue weighted by Gasteiger charge is 2.32. The molecule has 0 amide bonds. The second-order valence-electron chi connectivity index (χ2n) is 5.20. The molecule has 1 saturated heterocycles. The minimum absolute atomic E-state index is 0.0926. The van der Waals surface area contributed by atoms with Crippen LogP contribution in [0.4, 0.5) is 0 Å². The van der Waals surface area contributed by atoms with E-state index in [4.69, 9.17) is 16.3 Å². The normalized spacial score (nSPS) is 20.4. The van der Waals surface area contributed by atoms with Gasteiger partial charge in [-0.2, -0.15) is 4.31 Å². The third kappa shape index (κ3) is 3.52. The van der Waals surface area contributed by atoms with Crippen LogP contribution in [-0.2, 0) is 10.0 Å². The summed E-state index contributed by atoms with van der Waals surface area (Å²) in [4.78, 5) is 0.260. The van der Waals surface area contributed by atoms with Crippen LogP contribution in [0.1, 0.15) is 39.5 Å². The number of piperidine rings is 1. The molecule has 1 heterocycles. The number of halogens is 1. The lowest BCUT2D eigenvalue weighted by Crippen LogP contribution is -2.43. The summed E-state index contributed by atoms with van der Waals surface area (Å²) in [6.07, 6.45) is 3.78. The van der Waals surface area contributed by atoms with Crippen LogP contribution in [0.2, 0.25) is 5.02 Å². The topological polar surface area (TPSA) is 46.6 Å². The molecule has 0 aliphatic carbocycles. The number of sulfonamides is 1. The van der Waals surface area contributed by atoms with Gasteiger partial charge in [0.2, 0.25) is 10.0 Å². The molecule has 1 aromatic carbocycles. The van der Waals surface area contributed by atoms with Crippen molar-refractivity contribution in [3.63, 3.8) is 0 Å². The number of hydrogen-bond donors (Lipinski definition) is 0. The van der Waals surface area contributed by atoms with Gasteiger partial charge in [0.15, 0.2) is 0 Å². The fraction of sp³-hybridized carbons (Fsp3) is 0.600. The van der Waals surface area contributed by atoms with Crippen molar-refractivity contribution in [2.24, 2.45) is 0 Å². The molecular weight excluding hydrogens is 310 g/mol. The molecule has 0 aromatic heterocycles. The van der Waals surface area contributed by atoms with Gasteiger partial charge in [-0.1, -0.05) is 24.9 Å². The zero-order valence-electron chi connectivity index (χ0n) is 12.5. The van der Waals surface area contributed by atoms with E-state index in [0.29, 0.717) is 23.9 Å². The van der Waals surface area contributed by atoms with Crippen LogP contribution < -0.4 is 4.74 Å². The molecule has 0 radical (unpaired) electrons. The molecule has 6 heteroatoms. The fourth-order valence-corrected chi connectivity index (χ4v) is 4.70. The van der Waals surface area contributed by atoms with Gasteiger partial charge in [-0.3, -0.25) is 0 Å². The van der Waals surface area contributed by atoms with Gasteiger partial charge in [0.1, 0.15) is 5.75 Å². The Bertz CT molecular complexity index is 589. The Morgan fingerprint density at radius 2 is 2.10 bits per heavy atom. The lowest BCUT2D eigenvalue weighted by Gasteiger charge is -2.34. The molecule has 0 unspecified atom stereocenters. The Morgan fingerprint density at radius 1 is 1.33 bits per heavy atom. The Kier molecular flexibility index (Phi) is 5.52. The summed E-state index contributed by atoms with van der Waals surface area (Å²) in [5.41, 5.74) is 0. The van der Waals surface area contributed by atoms with E-state index in [9.17, 15) is 8.42 Å². The van der Waals surface area contributed by atoms with Gasteiger partial charge in [-0.15, -0.1) is 0 Å². The smallest absolute Gasteiger partial charge is 0.243 e. The van der Waals surface area contributed by atoms with E-state index in [-0.39, 0.29) is 10.9 Å². The molecule has 1 atom stereocenters. The third-order valence-corrected chi connectivity index (χ3v) is 6.11. The molecule has 0 N–H and O–H groups in total. The van der Waals surface area contributed by atoms with Crippen molar-refractivity contribution >= 4 is 21.6 Å². The van der Waals surface area contributed by atoms with E-state index in [1.807, 2.05) is 13.8 Å². The summed E-state index contributed by atoms with van der Waals surface area (Å²) in [5, 5.41) is 0.432. The van der Waals surface area contributed by atoms with E-state index in [1.165, 1.54) is 6.07 Å². The first-order valence-corrected chi connectivity index (χ1v) is 9.26. The molecule has 0 bridgehead atoms. The Hall–Kier alpha value is -0.780. The van der Waals surface area contributed by atoms with Crippen molar-refractivity contribution in [1.29, 1.82) is 0 Å². The second-order valence-corrected chi connectivity index (χ2v) is 7.50. The minimum atomic E-state index is -3.49. The number of benzene rings is 1. The zero-order chi connectivity index (χ0) is 15.5. The molecule has 0 spiro atoms. The molecule has 1 aliphatic rings. The molecule has 1 fully saturated rings. The standard InChI is InChI=1S/C15H22ClNO3S/c1-3-12-7-5-6-10-17(12)21(18,19)13-8-9-14(16)15(11-13)20-4-2/h8-9,11-12H,3-7,10H2,1-2H3/t12-/m0/s1. The molecule has 118 valence electrons. The van der Waals surface area contributed by atoms with Crippen LogP contribution in [0.3, 0.4) is 0 Å². The summed E-state index contributed by atoms with van der Waals surface area (Å²) >= 11 is 6.03. The van der Waals surface area contributed by atoms with Gasteiger partial charge >= 0.3 is 0 Å². The lowest BCUT2D eigenvalue weighted by molar-refractivity contribution is 0.246. The largest absolute Gasteiger partial charge is 0.492 e. The van der Waals surface area contributed by atoms with Crippen LogP contribution in [0.5, 0.6) is 5.75 Å². The lowest BCUT2D eigenvalue weighted by atomic mass is 10.0. The Balaban J connectivity index is 2.36. The van der Waals surface area contributed by atoms with Crippen molar-refractivity contribution in [3.8, 4) is 5.75 Å². The minimum Gasteiger partial charge on any atom is -0.492 e. The van der Waals surface area contributed by atoms with Gasteiger partial charge in [0.25, 0.3) is 0 Å².